The largest absolute Gasteiger partial charge is 0.489 e. The molecule has 0 radical (unpaired) electrons. The van der Waals surface area contributed by atoms with E-state index in [2.05, 4.69) is 34.3 Å². The van der Waals surface area contributed by atoms with Gasteiger partial charge in [0.05, 0.1) is 16.1 Å². The zero-order valence-electron chi connectivity index (χ0n) is 32.4. The van der Waals surface area contributed by atoms with Crippen molar-refractivity contribution in [1.82, 2.24) is 15.2 Å². The van der Waals surface area contributed by atoms with Gasteiger partial charge in [-0.15, -0.1) is 0 Å². The molecule has 300 valence electrons. The van der Waals surface area contributed by atoms with Crippen LogP contribution in [0.25, 0.3) is 11.1 Å². The van der Waals surface area contributed by atoms with Crippen molar-refractivity contribution >= 4 is 35.1 Å². The number of hydrogen-bond acceptors (Lipinski definition) is 7. The first-order valence-corrected chi connectivity index (χ1v) is 20.4. The highest BCUT2D eigenvalue weighted by Crippen LogP contribution is 2.42. The summed E-state index contributed by atoms with van der Waals surface area (Å²) >= 11 is 12.2. The van der Waals surface area contributed by atoms with E-state index in [0.29, 0.717) is 53.5 Å². The van der Waals surface area contributed by atoms with Crippen LogP contribution in [0.3, 0.4) is 0 Å². The number of nitrogens with one attached hydrogen (secondary N) is 1. The smallest absolute Gasteiger partial charge is 0.326 e. The van der Waals surface area contributed by atoms with E-state index in [4.69, 9.17) is 37.4 Å². The number of nitrogens with zero attached hydrogens (tertiary/aromatic N) is 2. The normalized spacial score (nSPS) is 17.0. The maximum absolute atomic E-state index is 14.4. The Labute approximate surface area is 353 Å². The Morgan fingerprint density at radius 3 is 2.34 bits per heavy atom. The number of pyridine rings is 1. The summed E-state index contributed by atoms with van der Waals surface area (Å²) in [6.45, 7) is 3.22. The molecule has 3 heterocycles. The molecule has 1 unspecified atom stereocenters. The molecule has 0 saturated heterocycles. The highest BCUT2D eigenvalue weighted by atomic mass is 35.5. The third-order valence-corrected chi connectivity index (χ3v) is 11.7. The van der Waals surface area contributed by atoms with Crippen molar-refractivity contribution in [3.05, 3.63) is 177 Å². The van der Waals surface area contributed by atoms with Gasteiger partial charge < -0.3 is 24.6 Å². The first-order chi connectivity index (χ1) is 28.7. The molecule has 0 bridgehead atoms. The first-order valence-electron chi connectivity index (χ1n) is 19.7. The third-order valence-electron chi connectivity index (χ3n) is 11.0. The summed E-state index contributed by atoms with van der Waals surface area (Å²) < 4.78 is 18.8. The number of carbonyl (C=O) groups is 2. The molecule has 0 fully saturated rings. The molecule has 5 aromatic carbocycles. The van der Waals surface area contributed by atoms with Gasteiger partial charge in [-0.1, -0.05) is 109 Å². The maximum Gasteiger partial charge on any atom is 0.326 e. The van der Waals surface area contributed by atoms with Crippen LogP contribution in [-0.4, -0.2) is 45.6 Å². The molecule has 4 atom stereocenters. The van der Waals surface area contributed by atoms with Crippen molar-refractivity contribution in [1.29, 1.82) is 0 Å². The second-order valence-corrected chi connectivity index (χ2v) is 15.7. The van der Waals surface area contributed by atoms with Crippen molar-refractivity contribution in [3.8, 4) is 28.4 Å². The van der Waals surface area contributed by atoms with Crippen molar-refractivity contribution in [2.24, 2.45) is 0 Å². The number of carbonyl (C=O) groups excluding carboxylic acids is 1. The second-order valence-electron chi connectivity index (χ2n) is 14.9. The molecule has 0 spiro atoms. The van der Waals surface area contributed by atoms with Gasteiger partial charge in [-0.05, 0) is 99.8 Å². The van der Waals surface area contributed by atoms with Crippen molar-refractivity contribution in [2.75, 3.05) is 6.61 Å². The van der Waals surface area contributed by atoms with E-state index in [1.807, 2.05) is 97.1 Å². The molecule has 6 aromatic rings. The van der Waals surface area contributed by atoms with Crippen LogP contribution in [0.2, 0.25) is 10.0 Å². The van der Waals surface area contributed by atoms with Gasteiger partial charge in [0.25, 0.3) is 0 Å². The molecule has 11 heteroatoms. The lowest BCUT2D eigenvalue weighted by atomic mass is 9.89. The highest BCUT2D eigenvalue weighted by Gasteiger charge is 2.38. The van der Waals surface area contributed by atoms with Gasteiger partial charge in [-0.25, -0.2) is 4.79 Å². The summed E-state index contributed by atoms with van der Waals surface area (Å²) in [6.07, 6.45) is 4.43. The Hall–Kier alpha value is -5.87. The zero-order chi connectivity index (χ0) is 40.9. The van der Waals surface area contributed by atoms with Crippen LogP contribution in [0, 0.1) is 0 Å². The maximum atomic E-state index is 14.4. The Morgan fingerprint density at radius 1 is 0.864 bits per heavy atom. The number of fused-ring (bicyclic) bond motifs is 2. The van der Waals surface area contributed by atoms with Crippen LogP contribution in [0.15, 0.2) is 134 Å². The van der Waals surface area contributed by atoms with Crippen LogP contribution in [0.4, 0.5) is 0 Å². The fourth-order valence-electron chi connectivity index (χ4n) is 7.89. The molecule has 0 saturated carbocycles. The lowest BCUT2D eigenvalue weighted by Crippen LogP contribution is -2.55. The van der Waals surface area contributed by atoms with Crippen molar-refractivity contribution in [3.63, 3.8) is 0 Å². The Bertz CT molecular complexity index is 2420. The predicted octanol–water partition coefficient (Wildman–Crippen LogP) is 9.84. The monoisotopic (exact) mass is 827 g/mol. The van der Waals surface area contributed by atoms with Gasteiger partial charge >= 0.3 is 5.97 Å². The van der Waals surface area contributed by atoms with E-state index in [-0.39, 0.29) is 24.5 Å². The minimum absolute atomic E-state index is 0.0956. The molecule has 2 aliphatic rings. The lowest BCUT2D eigenvalue weighted by molar-refractivity contribution is -0.143. The number of carboxylic acid groups (broad SMARTS) is 1. The number of ether oxygens (including phenoxy) is 3. The minimum Gasteiger partial charge on any atom is -0.489 e. The number of amides is 1. The zero-order valence-corrected chi connectivity index (χ0v) is 33.9. The summed E-state index contributed by atoms with van der Waals surface area (Å²) in [6, 6.07) is 37.0. The van der Waals surface area contributed by atoms with Crippen LogP contribution in [0.5, 0.6) is 17.2 Å². The Balaban J connectivity index is 0.992. The quantitative estimate of drug-likeness (QED) is 0.119. The second kappa shape index (κ2) is 18.0. The number of halogens is 2. The lowest BCUT2D eigenvalue weighted by Gasteiger charge is -2.42. The first kappa shape index (κ1) is 39.9. The minimum atomic E-state index is -1.12. The average molecular weight is 829 g/mol. The number of carboxylic acids is 1. The fraction of sp³-hybridized carbons (Fsp3) is 0.229. The van der Waals surface area contributed by atoms with Crippen LogP contribution in [-0.2, 0) is 35.6 Å². The summed E-state index contributed by atoms with van der Waals surface area (Å²) in [5.41, 5.74) is 7.69. The molecular formula is C48H43Cl2N3O6. The van der Waals surface area contributed by atoms with E-state index in [1.165, 1.54) is 0 Å². The SMILES string of the molecule is CC[C@@H](c1ccccc1)N1Cc2cc3c(cc2C[C@H]1C(=O)NC(Cc1ccc(-c2cccnc2)cc1)C(=O)O)OC[C@H](c1ccc(OCc2ccc(Cl)c(Cl)c2)cc1)O3. The van der Waals surface area contributed by atoms with E-state index < -0.39 is 18.1 Å². The topological polar surface area (TPSA) is 110 Å². The molecule has 9 nitrogen and oxygen atoms in total. The van der Waals surface area contributed by atoms with Crippen LogP contribution < -0.4 is 19.5 Å². The van der Waals surface area contributed by atoms with Gasteiger partial charge in [0.15, 0.2) is 17.6 Å². The van der Waals surface area contributed by atoms with Crippen molar-refractivity contribution < 1.29 is 28.9 Å². The predicted molar refractivity (Wildman–Crippen MR) is 228 cm³/mol. The summed E-state index contributed by atoms with van der Waals surface area (Å²) in [5, 5.41) is 14.2. The van der Waals surface area contributed by atoms with Gasteiger partial charge in [0, 0.05) is 31.4 Å². The molecule has 8 rings (SSSR count). The molecular weight excluding hydrogens is 785 g/mol. The van der Waals surface area contributed by atoms with Gasteiger partial charge in [0.1, 0.15) is 25.0 Å². The molecule has 59 heavy (non-hydrogen) atoms. The van der Waals surface area contributed by atoms with Gasteiger partial charge in [-0.2, -0.15) is 0 Å². The standard InChI is InChI=1S/C48H43Cl2N3O6/c1-2-42(33-7-4-3-5-8-33)53-27-37-25-45-44(58-29-46(59-45)34-15-17-38(18-16-34)57-28-31-12-19-39(49)40(50)21-31)24-36(37)23-43(53)47(54)52-41(48(55)56)22-30-10-13-32(14-11-30)35-9-6-20-51-26-35/h3-21,24-26,41-43,46H,2,22-23,27-29H2,1H3,(H,52,54)(H,55,56)/t41?,42-,43-,46+/m0/s1. The summed E-state index contributed by atoms with van der Waals surface area (Å²) in [7, 11) is 0. The van der Waals surface area contributed by atoms with Gasteiger partial charge in [0.2, 0.25) is 5.91 Å². The summed E-state index contributed by atoms with van der Waals surface area (Å²) in [4.78, 5) is 33.4. The Kier molecular flexibility index (Phi) is 12.2. The van der Waals surface area contributed by atoms with Crippen LogP contribution >= 0.6 is 23.2 Å². The molecule has 2 N–H and O–H groups in total. The van der Waals surface area contributed by atoms with E-state index >= 15 is 0 Å². The molecule has 2 aliphatic heterocycles. The average Bonchev–Trinajstić information content (AvgIpc) is 3.26. The van der Waals surface area contributed by atoms with E-state index in [9.17, 15) is 14.7 Å². The number of rotatable bonds is 13. The highest BCUT2D eigenvalue weighted by molar-refractivity contribution is 6.42. The number of aromatic nitrogens is 1. The molecule has 1 aromatic heterocycles. The number of aliphatic carboxylic acids is 1. The van der Waals surface area contributed by atoms with E-state index in [0.717, 1.165) is 50.9 Å². The fourth-order valence-corrected chi connectivity index (χ4v) is 8.21. The van der Waals surface area contributed by atoms with Gasteiger partial charge in [-0.3, -0.25) is 14.7 Å². The van der Waals surface area contributed by atoms with E-state index in [1.54, 1.807) is 24.5 Å². The molecule has 1 amide bonds. The van der Waals surface area contributed by atoms with Crippen molar-refractivity contribution in [2.45, 2.75) is 63.6 Å². The molecule has 0 aliphatic carbocycles. The number of benzene rings is 5. The van der Waals surface area contributed by atoms with Crippen LogP contribution in [0.1, 0.15) is 58.9 Å². The Morgan fingerprint density at radius 2 is 1.63 bits per heavy atom. The summed E-state index contributed by atoms with van der Waals surface area (Å²) in [5.74, 6) is 0.535. The third kappa shape index (κ3) is 9.23. The number of hydrogen-bond donors (Lipinski definition) is 2.